The summed E-state index contributed by atoms with van der Waals surface area (Å²) in [5.74, 6) is 2.50. The van der Waals surface area contributed by atoms with Crippen molar-refractivity contribution in [1.82, 2.24) is 15.8 Å². The van der Waals surface area contributed by atoms with Crippen LogP contribution in [-0.4, -0.2) is 44.5 Å². The van der Waals surface area contributed by atoms with E-state index in [9.17, 15) is 0 Å². The molecule has 0 aliphatic carbocycles. The second kappa shape index (κ2) is 13.4. The van der Waals surface area contributed by atoms with Gasteiger partial charge in [-0.15, -0.1) is 24.0 Å². The number of ether oxygens (including phenoxy) is 2. The predicted octanol–water partition coefficient (Wildman–Crippen LogP) is 3.54. The summed E-state index contributed by atoms with van der Waals surface area (Å²) in [5.41, 5.74) is 4.30. The first-order valence-electron chi connectivity index (χ1n) is 9.70. The van der Waals surface area contributed by atoms with Crippen LogP contribution in [-0.2, 0) is 17.7 Å². The molecule has 2 N–H and O–H groups in total. The maximum Gasteiger partial charge on any atom is 0.191 e. The number of hydrogen-bond acceptors (Lipinski definition) is 5. The normalized spacial score (nSPS) is 11.1. The molecule has 8 heteroatoms. The molecule has 0 aliphatic rings. The maximum absolute atomic E-state index is 5.85. The molecular weight excluding hydrogens is 483 g/mol. The molecule has 0 fully saturated rings. The van der Waals surface area contributed by atoms with Crippen LogP contribution < -0.4 is 15.4 Å². The number of guanidine groups is 1. The van der Waals surface area contributed by atoms with Crippen LogP contribution in [0.4, 0.5) is 0 Å². The summed E-state index contributed by atoms with van der Waals surface area (Å²) >= 11 is 0. The second-order valence-corrected chi connectivity index (χ2v) is 6.63. The quantitative estimate of drug-likeness (QED) is 0.218. The number of rotatable bonds is 10. The van der Waals surface area contributed by atoms with Gasteiger partial charge in [0, 0.05) is 31.3 Å². The Morgan fingerprint density at radius 2 is 1.97 bits per heavy atom. The molecule has 0 bridgehead atoms. The first-order chi connectivity index (χ1) is 13.5. The van der Waals surface area contributed by atoms with E-state index in [0.717, 1.165) is 59.4 Å². The number of aromatic nitrogens is 1. The summed E-state index contributed by atoms with van der Waals surface area (Å²) in [6.07, 6.45) is 0.835. The summed E-state index contributed by atoms with van der Waals surface area (Å²) < 4.78 is 16.1. The molecule has 1 aromatic carbocycles. The monoisotopic (exact) mass is 516 g/mol. The molecule has 0 saturated heterocycles. The van der Waals surface area contributed by atoms with Crippen LogP contribution in [0.15, 0.2) is 27.7 Å². The molecule has 0 saturated carbocycles. The van der Waals surface area contributed by atoms with Crippen LogP contribution in [0.25, 0.3) is 0 Å². The van der Waals surface area contributed by atoms with Crippen LogP contribution >= 0.6 is 24.0 Å². The van der Waals surface area contributed by atoms with Gasteiger partial charge in [-0.2, -0.15) is 0 Å². The van der Waals surface area contributed by atoms with Gasteiger partial charge in [0.1, 0.15) is 18.1 Å². The van der Waals surface area contributed by atoms with Crippen LogP contribution in [0.5, 0.6) is 5.75 Å². The first-order valence-corrected chi connectivity index (χ1v) is 9.70. The lowest BCUT2D eigenvalue weighted by Crippen LogP contribution is -2.38. The highest BCUT2D eigenvalue weighted by Crippen LogP contribution is 2.21. The fraction of sp³-hybridized carbons (Fsp3) is 0.524. The van der Waals surface area contributed by atoms with Gasteiger partial charge < -0.3 is 24.6 Å². The van der Waals surface area contributed by atoms with Crippen molar-refractivity contribution in [1.29, 1.82) is 0 Å². The van der Waals surface area contributed by atoms with Crippen molar-refractivity contribution >= 4 is 29.9 Å². The number of aliphatic imine (C=N–C) groups is 1. The summed E-state index contributed by atoms with van der Waals surface area (Å²) in [6.45, 7) is 11.2. The average Bonchev–Trinajstić information content (AvgIpc) is 2.99. The molecule has 0 atom stereocenters. The highest BCUT2D eigenvalue weighted by molar-refractivity contribution is 14.0. The Bertz CT molecular complexity index is 758. The molecule has 29 heavy (non-hydrogen) atoms. The highest BCUT2D eigenvalue weighted by atomic mass is 127. The Hall–Kier alpha value is -1.81. The van der Waals surface area contributed by atoms with Crippen molar-refractivity contribution in [2.75, 3.05) is 33.4 Å². The minimum absolute atomic E-state index is 0. The van der Waals surface area contributed by atoms with Gasteiger partial charge in [0.25, 0.3) is 0 Å². The van der Waals surface area contributed by atoms with Gasteiger partial charge in [-0.3, -0.25) is 0 Å². The Labute approximate surface area is 190 Å². The van der Waals surface area contributed by atoms with E-state index in [1.54, 1.807) is 7.11 Å². The summed E-state index contributed by atoms with van der Waals surface area (Å²) in [4.78, 5) is 4.71. The Morgan fingerprint density at radius 3 is 2.62 bits per heavy atom. The maximum atomic E-state index is 5.85. The van der Waals surface area contributed by atoms with Crippen LogP contribution in [0.1, 0.15) is 35.1 Å². The van der Waals surface area contributed by atoms with Gasteiger partial charge in [0.15, 0.2) is 5.96 Å². The fourth-order valence-corrected chi connectivity index (χ4v) is 2.83. The average molecular weight is 516 g/mol. The van der Waals surface area contributed by atoms with Gasteiger partial charge >= 0.3 is 0 Å². The van der Waals surface area contributed by atoms with Crippen LogP contribution in [0.3, 0.4) is 0 Å². The second-order valence-electron chi connectivity index (χ2n) is 6.63. The molecule has 1 aromatic heterocycles. The zero-order chi connectivity index (χ0) is 20.4. The van der Waals surface area contributed by atoms with Gasteiger partial charge in [0.05, 0.1) is 18.8 Å². The van der Waals surface area contributed by atoms with Gasteiger partial charge in [-0.05, 0) is 45.7 Å². The number of aryl methyl sites for hydroxylation is 3. The van der Waals surface area contributed by atoms with Crippen molar-refractivity contribution in [3.63, 3.8) is 0 Å². The first kappa shape index (κ1) is 25.2. The number of benzene rings is 1. The van der Waals surface area contributed by atoms with Crippen LogP contribution in [0, 0.1) is 20.8 Å². The highest BCUT2D eigenvalue weighted by Gasteiger charge is 2.09. The lowest BCUT2D eigenvalue weighted by molar-refractivity contribution is 0.145. The van der Waals surface area contributed by atoms with E-state index in [0.29, 0.717) is 19.8 Å². The minimum atomic E-state index is 0. The van der Waals surface area contributed by atoms with E-state index < -0.39 is 0 Å². The molecule has 0 aliphatic heterocycles. The van der Waals surface area contributed by atoms with Crippen molar-refractivity contribution in [3.8, 4) is 5.75 Å². The predicted molar refractivity (Wildman–Crippen MR) is 126 cm³/mol. The fourth-order valence-electron chi connectivity index (χ4n) is 2.83. The van der Waals surface area contributed by atoms with Crippen molar-refractivity contribution in [3.05, 3.63) is 46.3 Å². The number of methoxy groups -OCH3 is 1. The van der Waals surface area contributed by atoms with Crippen LogP contribution in [0.2, 0.25) is 0 Å². The third kappa shape index (κ3) is 8.22. The van der Waals surface area contributed by atoms with E-state index in [2.05, 4.69) is 41.8 Å². The molecule has 1 heterocycles. The molecular formula is C21H33IN4O3. The third-order valence-electron chi connectivity index (χ3n) is 4.37. The molecule has 0 radical (unpaired) electrons. The van der Waals surface area contributed by atoms with Crippen molar-refractivity contribution in [2.24, 2.45) is 4.99 Å². The molecule has 162 valence electrons. The van der Waals surface area contributed by atoms with Crippen molar-refractivity contribution in [2.45, 2.75) is 40.7 Å². The van der Waals surface area contributed by atoms with E-state index in [1.165, 1.54) is 0 Å². The van der Waals surface area contributed by atoms with E-state index >= 15 is 0 Å². The lowest BCUT2D eigenvalue weighted by Gasteiger charge is -2.13. The molecule has 7 nitrogen and oxygen atoms in total. The Balaban J connectivity index is 0.00000420. The molecule has 2 aromatic rings. The zero-order valence-corrected chi connectivity index (χ0v) is 20.3. The third-order valence-corrected chi connectivity index (χ3v) is 4.37. The van der Waals surface area contributed by atoms with Crippen molar-refractivity contribution < 1.29 is 14.0 Å². The minimum Gasteiger partial charge on any atom is -0.491 e. The molecule has 0 amide bonds. The van der Waals surface area contributed by atoms with E-state index in [4.69, 9.17) is 19.0 Å². The summed E-state index contributed by atoms with van der Waals surface area (Å²) in [6, 6.07) is 6.18. The van der Waals surface area contributed by atoms with Gasteiger partial charge in [-0.1, -0.05) is 17.3 Å². The zero-order valence-electron chi connectivity index (χ0n) is 18.0. The largest absolute Gasteiger partial charge is 0.491 e. The lowest BCUT2D eigenvalue weighted by atomic mass is 10.1. The van der Waals surface area contributed by atoms with E-state index in [-0.39, 0.29) is 24.0 Å². The molecule has 0 unspecified atom stereocenters. The molecule has 2 rings (SSSR count). The standard InChI is InChI=1S/C21H32N4O3.HI/c1-6-22-21(23-10-9-19-16(3)25-28-17(19)4)24-14-18-8-7-15(2)13-20(18)27-12-11-26-5;/h7-8,13H,6,9-12,14H2,1-5H3,(H2,22,23,24);1H. The smallest absolute Gasteiger partial charge is 0.191 e. The van der Waals surface area contributed by atoms with E-state index in [1.807, 2.05) is 19.9 Å². The number of hydrogen-bond donors (Lipinski definition) is 2. The number of nitrogens with one attached hydrogen (secondary N) is 2. The van der Waals surface area contributed by atoms with Gasteiger partial charge in [0.2, 0.25) is 0 Å². The summed E-state index contributed by atoms with van der Waals surface area (Å²) in [5, 5.41) is 10.7. The Kier molecular flexibility index (Phi) is 11.7. The Morgan fingerprint density at radius 1 is 1.17 bits per heavy atom. The topological polar surface area (TPSA) is 80.9 Å². The van der Waals surface area contributed by atoms with Gasteiger partial charge in [-0.25, -0.2) is 4.99 Å². The number of halogens is 1. The molecule has 0 spiro atoms. The number of nitrogens with zero attached hydrogens (tertiary/aromatic N) is 2. The SMILES string of the molecule is CCNC(=NCc1ccc(C)cc1OCCOC)NCCc1c(C)noc1C.I. The summed E-state index contributed by atoms with van der Waals surface area (Å²) in [7, 11) is 1.67.